The summed E-state index contributed by atoms with van der Waals surface area (Å²) in [5.41, 5.74) is 0.0730. The number of rotatable bonds is 41. The summed E-state index contributed by atoms with van der Waals surface area (Å²) in [6, 6.07) is -0.694. The molecule has 0 radical (unpaired) electrons. The summed E-state index contributed by atoms with van der Waals surface area (Å²) in [5.74, 6) is -9.32. The summed E-state index contributed by atoms with van der Waals surface area (Å²) in [7, 11) is 1.48. The molecule has 87 heavy (non-hydrogen) atoms. The van der Waals surface area contributed by atoms with Crippen molar-refractivity contribution in [3.63, 3.8) is 0 Å². The Balaban J connectivity index is 1.88. The van der Waals surface area contributed by atoms with Crippen LogP contribution in [-0.2, 0) is 14.3 Å². The minimum atomic E-state index is -2.59. The summed E-state index contributed by atoms with van der Waals surface area (Å²) in [6.45, 7) is 16.3. The monoisotopic (exact) mass is 1260 g/mol. The maximum absolute atomic E-state index is 12.6. The van der Waals surface area contributed by atoms with Gasteiger partial charge in [0.2, 0.25) is 0 Å². The normalized spacial score (nSPS) is 29.4. The van der Waals surface area contributed by atoms with Crippen molar-refractivity contribution < 1.29 is 122 Å². The number of ether oxygens (including phenoxy) is 1. The van der Waals surface area contributed by atoms with Crippen molar-refractivity contribution in [1.29, 1.82) is 0 Å². The molecule has 2 heterocycles. The molecular weight excluding hydrogens is 1150 g/mol. The van der Waals surface area contributed by atoms with Gasteiger partial charge in [-0.05, 0) is 69.8 Å². The van der Waals surface area contributed by atoms with Crippen LogP contribution in [0, 0.1) is 41.4 Å². The van der Waals surface area contributed by atoms with Gasteiger partial charge in [-0.3, -0.25) is 9.59 Å². The number of carbonyl (C=O) groups excluding carboxylic acids is 2. The van der Waals surface area contributed by atoms with E-state index in [1.165, 1.54) is 46.6 Å². The fourth-order valence-electron chi connectivity index (χ4n) is 12.3. The first-order valence-electron chi connectivity index (χ1n) is 31.5. The maximum atomic E-state index is 12.6. The standard InChI is InChI=1S/C62H115NO24/c1-12-13-14-15-16-17-18-19-38(64)28-62(86)60(84)59(83)57(81)47(87-62)27-46(72)56(80)58(82)55(79)45(71)25-40(66)23-39(65)24-41(67)32(5)50(74)33(6)42(68)26-43(69)34(7)51(75)35(8)52(76)36(9)53(77)44(70)22-30(3)20-29(2)21-31(4)49(73)48-54(78)37(10)63(11)61(48)85/h21,29-30,32-47,50-53,55-60,64-77,79-84,86H,12-20,22-28H2,1-11H3/b31-21+,49-48+/t29?,30?,32?,33?,34?,35?,36?,37?,38?,39?,40?,41?,42?,43?,44?,45?,46?,47-,50?,51?,52?,53?,55?,56?,57-,58?,59+,60+,62+/m1/s1/i22+1,45+1,47+1,58+1,59+1. The fraction of sp³-hybridized carbons (Fsp3) is 0.903. The van der Waals surface area contributed by atoms with Crippen LogP contribution in [0.15, 0.2) is 23.0 Å². The molecule has 29 atom stereocenters. The summed E-state index contributed by atoms with van der Waals surface area (Å²) in [5, 5.41) is 229. The van der Waals surface area contributed by atoms with E-state index in [1.807, 2.05) is 13.8 Å². The number of Topliss-reactive ketones (excluding diaryl/α,β-unsaturated/α-hetero) is 1. The fourth-order valence-corrected chi connectivity index (χ4v) is 12.3. The zero-order valence-electron chi connectivity index (χ0n) is 53.1. The molecule has 2 rings (SSSR count). The van der Waals surface area contributed by atoms with E-state index < -0.39 is 213 Å². The largest absolute Gasteiger partial charge is 0.507 e. The average Bonchev–Trinajstić information content (AvgIpc) is 2.13. The van der Waals surface area contributed by atoms with E-state index in [0.717, 1.165) is 38.5 Å². The van der Waals surface area contributed by atoms with Gasteiger partial charge in [0.15, 0.2) is 11.6 Å². The molecule has 0 aromatic heterocycles. The second kappa shape index (κ2) is 37.3. The number of hydrogen-bond donors (Lipinski definition) is 21. The highest BCUT2D eigenvalue weighted by Crippen LogP contribution is 2.36. The van der Waals surface area contributed by atoms with E-state index in [2.05, 4.69) is 6.92 Å². The number of aliphatic hydroxyl groups excluding tert-OH is 20. The van der Waals surface area contributed by atoms with Gasteiger partial charge in [0.05, 0.1) is 91.5 Å². The Morgan fingerprint density at radius 2 is 0.989 bits per heavy atom. The second-order valence-corrected chi connectivity index (χ2v) is 26.4. The molecule has 0 spiro atoms. The Kier molecular flexibility index (Phi) is 34.6. The summed E-state index contributed by atoms with van der Waals surface area (Å²) < 4.78 is 5.50. The predicted octanol–water partition coefficient (Wildman–Crippen LogP) is -1.17. The number of ketones is 1. The maximum Gasteiger partial charge on any atom is 0.261 e. The molecule has 21 N–H and O–H groups in total. The number of hydrogen-bond acceptors (Lipinski definition) is 24. The molecule has 2 aliphatic heterocycles. The first-order valence-corrected chi connectivity index (χ1v) is 31.5. The lowest BCUT2D eigenvalue weighted by Crippen LogP contribution is -2.65. The smallest absolute Gasteiger partial charge is 0.261 e. The van der Waals surface area contributed by atoms with Gasteiger partial charge < -0.3 is 117 Å². The molecule has 2 aliphatic rings. The van der Waals surface area contributed by atoms with Crippen LogP contribution in [-0.4, -0.2) is 265 Å². The Morgan fingerprint density at radius 3 is 1.51 bits per heavy atom. The van der Waals surface area contributed by atoms with Gasteiger partial charge in [-0.25, -0.2) is 0 Å². The Hall–Kier alpha value is -2.42. The molecule has 0 saturated carbocycles. The van der Waals surface area contributed by atoms with Crippen molar-refractivity contribution in [1.82, 2.24) is 4.90 Å². The highest BCUT2D eigenvalue weighted by atomic mass is 16.7. The first kappa shape index (κ1) is 80.7. The van der Waals surface area contributed by atoms with Gasteiger partial charge in [0.25, 0.3) is 5.91 Å². The average molecular weight is 1260 g/mol. The van der Waals surface area contributed by atoms with Crippen molar-refractivity contribution in [2.45, 2.75) is 306 Å². The Bertz CT molecular complexity index is 2050. The van der Waals surface area contributed by atoms with E-state index >= 15 is 0 Å². The third-order valence-electron chi connectivity index (χ3n) is 18.8. The van der Waals surface area contributed by atoms with Crippen LogP contribution in [0.4, 0.5) is 0 Å². The van der Waals surface area contributed by atoms with Crippen LogP contribution in [0.2, 0.25) is 0 Å². The zero-order chi connectivity index (χ0) is 66.9. The van der Waals surface area contributed by atoms with E-state index in [0.29, 0.717) is 18.4 Å². The van der Waals surface area contributed by atoms with E-state index in [9.17, 15) is 117 Å². The zero-order valence-corrected chi connectivity index (χ0v) is 53.1. The summed E-state index contributed by atoms with van der Waals surface area (Å²) in [4.78, 5) is 26.4. The molecule has 25 nitrogen and oxygen atoms in total. The number of nitrogens with zero attached hydrogens (tertiary/aromatic N) is 1. The molecule has 2 fully saturated rings. The molecular formula is C62H115NO24. The lowest BCUT2D eigenvalue weighted by Gasteiger charge is -2.47. The minimum Gasteiger partial charge on any atom is -0.507 e. The van der Waals surface area contributed by atoms with E-state index in [-0.39, 0.29) is 36.7 Å². The quantitative estimate of drug-likeness (QED) is 0.0113. The number of likely N-dealkylation sites (N-methyl/N-ethyl adjacent to an activating group) is 1. The highest BCUT2D eigenvalue weighted by Gasteiger charge is 2.54. The van der Waals surface area contributed by atoms with E-state index in [1.54, 1.807) is 19.9 Å². The van der Waals surface area contributed by atoms with Crippen LogP contribution < -0.4 is 0 Å². The molecule has 1 amide bonds. The molecule has 24 unspecified atom stereocenters. The third-order valence-corrected chi connectivity index (χ3v) is 18.8. The SMILES string of the molecule is CCCCCCCCCC(O)C[C@]1(O)O[13C@H](CC(O)C(O)[13CH](O)C(O)[13CH](O)CC(O)CC(O)CC(O)C(C)C(O)C(C)C(O)CC(O)C(C)C(O)C(C)C(O)C(C)C(O)C(O)[13CH2]C(C)CC(C)/C=C(C)/C(O)=C2/C(=O)C(C)N(C)C2=O)[C@@H](O)[13C@H](O)[C@@H]1O. The van der Waals surface area contributed by atoms with Gasteiger partial charge in [0.1, 0.15) is 48.0 Å². The molecule has 2 saturated heterocycles. The number of amides is 1. The van der Waals surface area contributed by atoms with Crippen molar-refractivity contribution in [2.24, 2.45) is 41.4 Å². The number of unbranched alkanes of at least 4 members (excludes halogenated alkanes) is 6. The molecule has 0 aliphatic carbocycles. The molecule has 512 valence electrons. The van der Waals surface area contributed by atoms with Crippen LogP contribution in [0.25, 0.3) is 0 Å². The Morgan fingerprint density at radius 1 is 0.540 bits per heavy atom. The number of allylic oxidation sites excluding steroid dienone is 2. The van der Waals surface area contributed by atoms with Crippen molar-refractivity contribution in [2.75, 3.05) is 7.05 Å². The first-order chi connectivity index (χ1) is 40.3. The van der Waals surface area contributed by atoms with Gasteiger partial charge in [0, 0.05) is 55.9 Å². The number of likely N-dealkylation sites (tertiary alicyclic amines) is 1. The van der Waals surface area contributed by atoms with Crippen molar-refractivity contribution in [3.05, 3.63) is 23.0 Å². The van der Waals surface area contributed by atoms with Crippen LogP contribution in [0.5, 0.6) is 0 Å². The second-order valence-electron chi connectivity index (χ2n) is 26.4. The van der Waals surface area contributed by atoms with Gasteiger partial charge in [-0.1, -0.05) is 106 Å². The van der Waals surface area contributed by atoms with E-state index in [4.69, 9.17) is 4.74 Å². The van der Waals surface area contributed by atoms with Crippen molar-refractivity contribution >= 4 is 11.7 Å². The Labute approximate surface area is 513 Å². The van der Waals surface area contributed by atoms with Crippen molar-refractivity contribution in [3.8, 4) is 0 Å². The van der Waals surface area contributed by atoms with Gasteiger partial charge >= 0.3 is 0 Å². The van der Waals surface area contributed by atoms with Crippen LogP contribution >= 0.6 is 0 Å². The summed E-state index contributed by atoms with van der Waals surface area (Å²) in [6.07, 6.45) is -28.2. The van der Waals surface area contributed by atoms with Crippen LogP contribution in [0.1, 0.15) is 172 Å². The van der Waals surface area contributed by atoms with Gasteiger partial charge in [-0.15, -0.1) is 0 Å². The lowest BCUT2D eigenvalue weighted by molar-refractivity contribution is -0.356. The summed E-state index contributed by atoms with van der Waals surface area (Å²) >= 11 is 0. The highest BCUT2D eigenvalue weighted by molar-refractivity contribution is 6.26. The van der Waals surface area contributed by atoms with Gasteiger partial charge in [-0.2, -0.15) is 0 Å². The lowest BCUT2D eigenvalue weighted by atomic mass is 9.78. The molecule has 25 heteroatoms. The third kappa shape index (κ3) is 23.3. The number of aliphatic hydroxyl groups is 21. The molecule has 0 aromatic rings. The topological polar surface area (TPSA) is 471 Å². The molecule has 0 bridgehead atoms. The predicted molar refractivity (Wildman–Crippen MR) is 318 cm³/mol. The minimum absolute atomic E-state index is 0.112. The number of carbonyl (C=O) groups is 2. The van der Waals surface area contributed by atoms with Crippen LogP contribution in [0.3, 0.4) is 0 Å². The molecule has 0 aromatic carbocycles.